The van der Waals surface area contributed by atoms with Crippen molar-refractivity contribution in [1.82, 2.24) is 15.3 Å². The monoisotopic (exact) mass is 295 g/mol. The first kappa shape index (κ1) is 14.7. The molecule has 20 heavy (non-hydrogen) atoms. The average molecular weight is 296 g/mol. The van der Waals surface area contributed by atoms with Crippen LogP contribution >= 0.6 is 11.6 Å². The molecule has 0 spiro atoms. The van der Waals surface area contributed by atoms with Gasteiger partial charge in [0.1, 0.15) is 5.82 Å². The number of hydrogen-bond donors (Lipinski definition) is 2. The standard InChI is InChI=1S/C14H18ClN3O2/c1-9(14-16-4-5-17-14)18-8-10-6-11(15)13(20-3)12(7-10)19-2/h4-7,9,18H,8H2,1-3H3,(H,16,17). The van der Waals surface area contributed by atoms with Crippen molar-refractivity contribution in [2.45, 2.75) is 19.5 Å². The predicted octanol–water partition coefficient (Wildman–Crippen LogP) is 2.93. The Labute approximate surface area is 123 Å². The summed E-state index contributed by atoms with van der Waals surface area (Å²) in [5.41, 5.74) is 1.02. The van der Waals surface area contributed by atoms with E-state index in [0.29, 0.717) is 23.1 Å². The lowest BCUT2D eigenvalue weighted by Gasteiger charge is -2.14. The third-order valence-electron chi connectivity index (χ3n) is 3.04. The molecule has 2 rings (SSSR count). The van der Waals surface area contributed by atoms with Gasteiger partial charge in [-0.1, -0.05) is 11.6 Å². The number of nitrogens with zero attached hydrogens (tertiary/aromatic N) is 1. The van der Waals surface area contributed by atoms with Crippen LogP contribution < -0.4 is 14.8 Å². The second-order valence-electron chi connectivity index (χ2n) is 4.39. The Hall–Kier alpha value is -1.72. The summed E-state index contributed by atoms with van der Waals surface area (Å²) in [7, 11) is 3.16. The minimum Gasteiger partial charge on any atom is -0.493 e. The van der Waals surface area contributed by atoms with Crippen LogP contribution in [-0.4, -0.2) is 24.2 Å². The minimum absolute atomic E-state index is 0.122. The number of methoxy groups -OCH3 is 2. The largest absolute Gasteiger partial charge is 0.493 e. The average Bonchev–Trinajstić information content (AvgIpc) is 2.98. The fourth-order valence-corrected chi connectivity index (χ4v) is 2.27. The van der Waals surface area contributed by atoms with Crippen LogP contribution in [0, 0.1) is 0 Å². The van der Waals surface area contributed by atoms with Crippen molar-refractivity contribution in [3.63, 3.8) is 0 Å². The van der Waals surface area contributed by atoms with Gasteiger partial charge in [-0.25, -0.2) is 4.98 Å². The molecule has 0 aliphatic carbocycles. The lowest BCUT2D eigenvalue weighted by Crippen LogP contribution is -2.19. The van der Waals surface area contributed by atoms with Gasteiger partial charge in [0.05, 0.1) is 25.3 Å². The zero-order valence-corrected chi connectivity index (χ0v) is 12.5. The molecule has 1 unspecified atom stereocenters. The van der Waals surface area contributed by atoms with Gasteiger partial charge >= 0.3 is 0 Å². The van der Waals surface area contributed by atoms with E-state index in [9.17, 15) is 0 Å². The van der Waals surface area contributed by atoms with Crippen LogP contribution in [0.4, 0.5) is 0 Å². The van der Waals surface area contributed by atoms with Crippen molar-refractivity contribution in [2.75, 3.05) is 14.2 Å². The van der Waals surface area contributed by atoms with Crippen LogP contribution in [0.3, 0.4) is 0 Å². The summed E-state index contributed by atoms with van der Waals surface area (Å²) >= 11 is 6.18. The van der Waals surface area contributed by atoms with E-state index in [1.807, 2.05) is 19.1 Å². The number of aromatic nitrogens is 2. The molecule has 0 saturated heterocycles. The van der Waals surface area contributed by atoms with Gasteiger partial charge in [-0.2, -0.15) is 0 Å². The number of aromatic amines is 1. The molecule has 0 bridgehead atoms. The van der Waals surface area contributed by atoms with E-state index in [0.717, 1.165) is 11.4 Å². The summed E-state index contributed by atoms with van der Waals surface area (Å²) in [5.74, 6) is 2.08. The summed E-state index contributed by atoms with van der Waals surface area (Å²) in [5, 5.41) is 3.90. The van der Waals surface area contributed by atoms with Crippen molar-refractivity contribution in [3.8, 4) is 11.5 Å². The zero-order valence-electron chi connectivity index (χ0n) is 11.7. The van der Waals surface area contributed by atoms with E-state index in [1.54, 1.807) is 26.6 Å². The first-order valence-electron chi connectivity index (χ1n) is 6.28. The molecule has 0 fully saturated rings. The molecule has 0 aliphatic rings. The Morgan fingerprint density at radius 3 is 2.75 bits per heavy atom. The van der Waals surface area contributed by atoms with Crippen molar-refractivity contribution >= 4 is 11.6 Å². The normalized spacial score (nSPS) is 12.2. The molecule has 0 amide bonds. The molecule has 1 atom stereocenters. The maximum atomic E-state index is 6.18. The Morgan fingerprint density at radius 2 is 2.15 bits per heavy atom. The number of ether oxygens (including phenoxy) is 2. The number of benzene rings is 1. The predicted molar refractivity (Wildman–Crippen MR) is 78.4 cm³/mol. The number of nitrogens with one attached hydrogen (secondary N) is 2. The molecule has 2 N–H and O–H groups in total. The molecule has 5 nitrogen and oxygen atoms in total. The Balaban J connectivity index is 2.08. The molecule has 6 heteroatoms. The van der Waals surface area contributed by atoms with Gasteiger partial charge in [-0.15, -0.1) is 0 Å². The van der Waals surface area contributed by atoms with Gasteiger partial charge in [0.2, 0.25) is 0 Å². The smallest absolute Gasteiger partial charge is 0.179 e. The molecule has 1 aromatic carbocycles. The van der Waals surface area contributed by atoms with E-state index >= 15 is 0 Å². The van der Waals surface area contributed by atoms with Crippen LogP contribution in [0.1, 0.15) is 24.4 Å². The third kappa shape index (κ3) is 3.23. The quantitative estimate of drug-likeness (QED) is 0.860. The molecular weight excluding hydrogens is 278 g/mol. The molecule has 1 aromatic heterocycles. The van der Waals surface area contributed by atoms with E-state index in [1.165, 1.54) is 0 Å². The summed E-state index contributed by atoms with van der Waals surface area (Å²) in [4.78, 5) is 7.30. The molecule has 0 radical (unpaired) electrons. The number of rotatable bonds is 6. The lowest BCUT2D eigenvalue weighted by molar-refractivity contribution is 0.354. The minimum atomic E-state index is 0.122. The summed E-state index contributed by atoms with van der Waals surface area (Å²) in [6, 6.07) is 3.90. The highest BCUT2D eigenvalue weighted by atomic mass is 35.5. The fourth-order valence-electron chi connectivity index (χ4n) is 1.96. The first-order valence-corrected chi connectivity index (χ1v) is 6.66. The van der Waals surface area contributed by atoms with Crippen molar-refractivity contribution in [2.24, 2.45) is 0 Å². The van der Waals surface area contributed by atoms with Gasteiger partial charge < -0.3 is 19.8 Å². The number of imidazole rings is 1. The van der Waals surface area contributed by atoms with E-state index in [-0.39, 0.29) is 6.04 Å². The second kappa shape index (κ2) is 6.63. The highest BCUT2D eigenvalue weighted by molar-refractivity contribution is 6.32. The molecule has 0 aliphatic heterocycles. The summed E-state index contributed by atoms with van der Waals surface area (Å²) < 4.78 is 10.5. The van der Waals surface area contributed by atoms with Crippen molar-refractivity contribution in [3.05, 3.63) is 40.9 Å². The van der Waals surface area contributed by atoms with Crippen LogP contribution in [0.2, 0.25) is 5.02 Å². The Bertz CT molecular complexity index is 558. The van der Waals surface area contributed by atoms with Crippen LogP contribution in [0.5, 0.6) is 11.5 Å². The number of H-pyrrole nitrogens is 1. The second-order valence-corrected chi connectivity index (χ2v) is 4.80. The van der Waals surface area contributed by atoms with Crippen LogP contribution in [0.15, 0.2) is 24.5 Å². The topological polar surface area (TPSA) is 59.2 Å². The Morgan fingerprint density at radius 1 is 1.35 bits per heavy atom. The van der Waals surface area contributed by atoms with Gasteiger partial charge in [0, 0.05) is 18.9 Å². The third-order valence-corrected chi connectivity index (χ3v) is 3.32. The van der Waals surface area contributed by atoms with Crippen LogP contribution in [-0.2, 0) is 6.54 Å². The molecule has 0 saturated carbocycles. The maximum Gasteiger partial charge on any atom is 0.179 e. The molecule has 2 aromatic rings. The molecule has 1 heterocycles. The van der Waals surface area contributed by atoms with Crippen LogP contribution in [0.25, 0.3) is 0 Å². The van der Waals surface area contributed by atoms with Gasteiger partial charge in [0.25, 0.3) is 0 Å². The van der Waals surface area contributed by atoms with E-state index in [4.69, 9.17) is 21.1 Å². The van der Waals surface area contributed by atoms with Crippen molar-refractivity contribution in [1.29, 1.82) is 0 Å². The molecular formula is C14H18ClN3O2. The maximum absolute atomic E-state index is 6.18. The summed E-state index contributed by atoms with van der Waals surface area (Å²) in [6.07, 6.45) is 3.54. The van der Waals surface area contributed by atoms with Gasteiger partial charge in [-0.3, -0.25) is 0 Å². The SMILES string of the molecule is COc1cc(CNC(C)c2ncc[nH]2)cc(Cl)c1OC. The molecule has 108 valence electrons. The lowest BCUT2D eigenvalue weighted by atomic mass is 10.2. The number of hydrogen-bond acceptors (Lipinski definition) is 4. The highest BCUT2D eigenvalue weighted by Gasteiger charge is 2.12. The van der Waals surface area contributed by atoms with Crippen molar-refractivity contribution < 1.29 is 9.47 Å². The number of halogens is 1. The first-order chi connectivity index (χ1) is 9.65. The van der Waals surface area contributed by atoms with E-state index in [2.05, 4.69) is 15.3 Å². The fraction of sp³-hybridized carbons (Fsp3) is 0.357. The zero-order chi connectivity index (χ0) is 14.5. The summed E-state index contributed by atoms with van der Waals surface area (Å²) in [6.45, 7) is 2.70. The highest BCUT2D eigenvalue weighted by Crippen LogP contribution is 2.36. The van der Waals surface area contributed by atoms with Gasteiger partial charge in [-0.05, 0) is 24.6 Å². The Kier molecular flexibility index (Phi) is 4.87. The van der Waals surface area contributed by atoms with Gasteiger partial charge in [0.15, 0.2) is 11.5 Å². The van der Waals surface area contributed by atoms with E-state index < -0.39 is 0 Å².